The fourth-order valence-electron chi connectivity index (χ4n) is 4.04. The number of carbonyl (C=O) groups is 1. The van der Waals surface area contributed by atoms with Gasteiger partial charge in [-0.2, -0.15) is 0 Å². The Morgan fingerprint density at radius 1 is 1.26 bits per heavy atom. The van der Waals surface area contributed by atoms with E-state index in [1.54, 1.807) is 12.1 Å². The van der Waals surface area contributed by atoms with E-state index in [1.807, 2.05) is 0 Å². The summed E-state index contributed by atoms with van der Waals surface area (Å²) in [6.07, 6.45) is 4.61. The van der Waals surface area contributed by atoms with Crippen LogP contribution in [0.2, 0.25) is 0 Å². The second kappa shape index (κ2) is 7.68. The molecule has 0 radical (unpaired) electrons. The third-order valence-electron chi connectivity index (χ3n) is 5.85. The summed E-state index contributed by atoms with van der Waals surface area (Å²) in [5.41, 5.74) is 3.52. The molecule has 3 aliphatic rings. The van der Waals surface area contributed by atoms with Gasteiger partial charge in [0.15, 0.2) is 6.73 Å². The summed E-state index contributed by atoms with van der Waals surface area (Å²) in [5, 5.41) is 14.5. The molecule has 7 nitrogen and oxygen atoms in total. The molecule has 1 N–H and O–H groups in total. The quantitative estimate of drug-likeness (QED) is 0.560. The van der Waals surface area contributed by atoms with Gasteiger partial charge in [-0.1, -0.05) is 12.1 Å². The SMILES string of the molecule is O=C(NCCc1cccc(F)c1)c1cc2c(cc1[N+](=O)[O-])C(=C1CC1)N(C1CC1)CO2. The molecule has 1 aliphatic heterocycles. The van der Waals surface area contributed by atoms with Crippen LogP contribution >= 0.6 is 0 Å². The number of halogens is 1. The first-order chi connectivity index (χ1) is 15.0. The van der Waals surface area contributed by atoms with Gasteiger partial charge in [-0.05, 0) is 55.4 Å². The predicted molar refractivity (Wildman–Crippen MR) is 112 cm³/mol. The van der Waals surface area contributed by atoms with Crippen LogP contribution in [-0.2, 0) is 6.42 Å². The highest BCUT2D eigenvalue weighted by Gasteiger charge is 2.39. The van der Waals surface area contributed by atoms with Crippen molar-refractivity contribution in [2.75, 3.05) is 13.3 Å². The number of carbonyl (C=O) groups excluding carboxylic acids is 1. The van der Waals surface area contributed by atoms with Crippen molar-refractivity contribution in [1.82, 2.24) is 10.2 Å². The van der Waals surface area contributed by atoms with Gasteiger partial charge >= 0.3 is 0 Å². The molecule has 2 aromatic carbocycles. The van der Waals surface area contributed by atoms with Crippen LogP contribution in [0.3, 0.4) is 0 Å². The molecular weight excluding hydrogens is 401 g/mol. The van der Waals surface area contributed by atoms with Crippen LogP contribution in [0.4, 0.5) is 10.1 Å². The minimum Gasteiger partial charge on any atom is -0.472 e. The molecule has 31 heavy (non-hydrogen) atoms. The lowest BCUT2D eigenvalue weighted by atomic mass is 10.0. The van der Waals surface area contributed by atoms with Gasteiger partial charge in [0.1, 0.15) is 17.1 Å². The molecule has 160 valence electrons. The van der Waals surface area contributed by atoms with E-state index < -0.39 is 10.8 Å². The number of amides is 1. The van der Waals surface area contributed by atoms with Crippen LogP contribution in [0.15, 0.2) is 42.0 Å². The summed E-state index contributed by atoms with van der Waals surface area (Å²) in [5.74, 6) is -0.376. The highest BCUT2D eigenvalue weighted by Crippen LogP contribution is 2.48. The number of hydrogen-bond acceptors (Lipinski definition) is 5. The Hall–Kier alpha value is -3.42. The first kappa shape index (κ1) is 19.5. The normalized spacial score (nSPS) is 17.1. The Balaban J connectivity index is 1.40. The number of nitro groups is 1. The maximum atomic E-state index is 13.3. The molecule has 1 amide bonds. The summed E-state index contributed by atoms with van der Waals surface area (Å²) in [7, 11) is 0. The molecule has 0 unspecified atom stereocenters. The highest BCUT2D eigenvalue weighted by molar-refractivity contribution is 5.99. The van der Waals surface area contributed by atoms with Crippen molar-refractivity contribution in [3.63, 3.8) is 0 Å². The van der Waals surface area contributed by atoms with Crippen molar-refractivity contribution in [2.24, 2.45) is 0 Å². The monoisotopic (exact) mass is 423 g/mol. The smallest absolute Gasteiger partial charge is 0.283 e. The zero-order valence-corrected chi connectivity index (χ0v) is 16.9. The topological polar surface area (TPSA) is 84.7 Å². The average molecular weight is 423 g/mol. The number of ether oxygens (including phenoxy) is 1. The maximum absolute atomic E-state index is 13.3. The van der Waals surface area contributed by atoms with Crippen LogP contribution in [0.25, 0.3) is 5.70 Å². The van der Waals surface area contributed by atoms with E-state index in [1.165, 1.54) is 29.8 Å². The van der Waals surface area contributed by atoms with E-state index in [9.17, 15) is 19.3 Å². The second-order valence-corrected chi connectivity index (χ2v) is 8.19. The molecule has 0 aromatic heterocycles. The Bertz CT molecular complexity index is 1100. The zero-order chi connectivity index (χ0) is 21.5. The standard InChI is InChI=1S/C23H22FN3O4/c24-16-3-1-2-14(10-16)8-9-25-23(28)18-12-21-19(11-20(18)27(29)30)22(15-4-5-15)26(13-31-21)17-6-7-17/h1-3,10-12,17H,4-9,13H2,(H,25,28). The molecule has 0 saturated heterocycles. The van der Waals surface area contributed by atoms with E-state index in [-0.39, 0.29) is 23.6 Å². The Kier molecular flexibility index (Phi) is 4.84. The molecule has 8 heteroatoms. The summed E-state index contributed by atoms with van der Waals surface area (Å²) in [6.45, 7) is 0.636. The fourth-order valence-corrected chi connectivity index (χ4v) is 4.04. The van der Waals surface area contributed by atoms with Crippen molar-refractivity contribution < 1.29 is 18.8 Å². The molecule has 0 bridgehead atoms. The number of nitrogens with one attached hydrogen (secondary N) is 1. The lowest BCUT2D eigenvalue weighted by Gasteiger charge is -2.33. The third-order valence-corrected chi connectivity index (χ3v) is 5.85. The van der Waals surface area contributed by atoms with Gasteiger partial charge in [-0.15, -0.1) is 0 Å². The van der Waals surface area contributed by atoms with E-state index in [0.29, 0.717) is 30.5 Å². The zero-order valence-electron chi connectivity index (χ0n) is 16.9. The molecule has 2 saturated carbocycles. The van der Waals surface area contributed by atoms with Crippen molar-refractivity contribution in [1.29, 1.82) is 0 Å². The van der Waals surface area contributed by atoms with Gasteiger partial charge in [0, 0.05) is 30.3 Å². The van der Waals surface area contributed by atoms with Crippen molar-refractivity contribution in [2.45, 2.75) is 38.1 Å². The summed E-state index contributed by atoms with van der Waals surface area (Å²) < 4.78 is 19.2. The molecule has 2 aliphatic carbocycles. The lowest BCUT2D eigenvalue weighted by Crippen LogP contribution is -2.33. The van der Waals surface area contributed by atoms with Crippen LogP contribution < -0.4 is 10.1 Å². The number of nitro benzene ring substituents is 1. The number of allylic oxidation sites excluding steroid dienone is 1. The molecule has 5 rings (SSSR count). The number of benzene rings is 2. The van der Waals surface area contributed by atoms with Gasteiger partial charge < -0.3 is 15.0 Å². The first-order valence-electron chi connectivity index (χ1n) is 10.5. The highest BCUT2D eigenvalue weighted by atomic mass is 19.1. The minimum absolute atomic E-state index is 0.0250. The predicted octanol–water partition coefficient (Wildman–Crippen LogP) is 4.03. The largest absolute Gasteiger partial charge is 0.472 e. The molecule has 2 aromatic rings. The number of fused-ring (bicyclic) bond motifs is 1. The summed E-state index contributed by atoms with van der Waals surface area (Å²) in [4.78, 5) is 26.2. The van der Waals surface area contributed by atoms with E-state index in [0.717, 1.165) is 36.9 Å². The van der Waals surface area contributed by atoms with Crippen LogP contribution in [-0.4, -0.2) is 35.0 Å². The van der Waals surface area contributed by atoms with Crippen LogP contribution in [0.1, 0.15) is 47.2 Å². The molecule has 0 atom stereocenters. The Morgan fingerprint density at radius 2 is 2.06 bits per heavy atom. The Morgan fingerprint density at radius 3 is 2.74 bits per heavy atom. The van der Waals surface area contributed by atoms with Gasteiger partial charge in [-0.25, -0.2) is 4.39 Å². The maximum Gasteiger partial charge on any atom is 0.283 e. The van der Waals surface area contributed by atoms with Crippen LogP contribution in [0.5, 0.6) is 5.75 Å². The number of hydrogen-bond donors (Lipinski definition) is 1. The lowest BCUT2D eigenvalue weighted by molar-refractivity contribution is -0.385. The van der Waals surface area contributed by atoms with Crippen molar-refractivity contribution >= 4 is 17.3 Å². The van der Waals surface area contributed by atoms with E-state index in [2.05, 4.69) is 10.2 Å². The van der Waals surface area contributed by atoms with Crippen LogP contribution in [0, 0.1) is 15.9 Å². The molecule has 0 spiro atoms. The van der Waals surface area contributed by atoms with Crippen molar-refractivity contribution in [3.8, 4) is 5.75 Å². The third kappa shape index (κ3) is 3.97. The Labute approximate surface area is 178 Å². The number of nitrogens with zero attached hydrogens (tertiary/aromatic N) is 2. The minimum atomic E-state index is -0.542. The van der Waals surface area contributed by atoms with Crippen molar-refractivity contribution in [3.05, 3.63) is 74.6 Å². The fraction of sp³-hybridized carbons (Fsp3) is 0.348. The summed E-state index contributed by atoms with van der Waals surface area (Å²) in [6, 6.07) is 9.52. The molecule has 1 heterocycles. The number of rotatable bonds is 6. The van der Waals surface area contributed by atoms with E-state index >= 15 is 0 Å². The summed E-state index contributed by atoms with van der Waals surface area (Å²) >= 11 is 0. The van der Waals surface area contributed by atoms with Gasteiger partial charge in [0.2, 0.25) is 0 Å². The van der Waals surface area contributed by atoms with Gasteiger partial charge in [-0.3, -0.25) is 14.9 Å². The molecular formula is C23H22FN3O4. The second-order valence-electron chi connectivity index (χ2n) is 8.19. The van der Waals surface area contributed by atoms with Gasteiger partial charge in [0.25, 0.3) is 11.6 Å². The van der Waals surface area contributed by atoms with Gasteiger partial charge in [0.05, 0.1) is 10.6 Å². The first-order valence-corrected chi connectivity index (χ1v) is 10.5. The molecule has 2 fully saturated rings. The average Bonchev–Trinajstić information content (AvgIpc) is 3.65. The van der Waals surface area contributed by atoms with E-state index in [4.69, 9.17) is 4.74 Å².